The third-order valence-corrected chi connectivity index (χ3v) is 7.39. The van der Waals surface area contributed by atoms with E-state index in [4.69, 9.17) is 26.4 Å². The zero-order chi connectivity index (χ0) is 22.9. The number of aryl methyl sites for hydroxylation is 1. The second kappa shape index (κ2) is 10.6. The van der Waals surface area contributed by atoms with E-state index in [0.717, 1.165) is 54.9 Å². The minimum Gasteiger partial charge on any atom is -0.496 e. The van der Waals surface area contributed by atoms with Crippen LogP contribution in [0.25, 0.3) is 11.3 Å². The van der Waals surface area contributed by atoms with E-state index in [2.05, 4.69) is 64.6 Å². The Morgan fingerprint density at radius 2 is 1.74 bits per heavy atom. The Bertz CT molecular complexity index is 1320. The number of benzene rings is 3. The summed E-state index contributed by atoms with van der Waals surface area (Å²) in [7, 11) is 1.66. The molecule has 0 N–H and O–H groups in total. The normalized spacial score (nSPS) is 15.1. The van der Waals surface area contributed by atoms with Crippen LogP contribution in [0, 0.1) is 6.92 Å². The van der Waals surface area contributed by atoms with Gasteiger partial charge in [-0.15, -0.1) is 28.3 Å². The summed E-state index contributed by atoms with van der Waals surface area (Å²) in [6.45, 7) is 2.09. The number of methoxy groups -OCH3 is 1. The predicted molar refractivity (Wildman–Crippen MR) is 151 cm³/mol. The number of thiazole rings is 1. The standard InChI is InChI=1S/C26H21BrClN3OS.BrH/c1-16-3-5-17(6-4-16)22-14-24(18-7-10-20(28)11-8-18)31(30-22)26-29-23(15-33-26)19-9-12-25(32-2)21(27)13-19;/h3-13,15,24H,14H2,1-2H3;1H. The van der Waals surface area contributed by atoms with Gasteiger partial charge >= 0.3 is 0 Å². The first-order valence-corrected chi connectivity index (χ1v) is 12.6. The first-order valence-electron chi connectivity index (χ1n) is 10.5. The van der Waals surface area contributed by atoms with Gasteiger partial charge in [-0.3, -0.25) is 0 Å². The summed E-state index contributed by atoms with van der Waals surface area (Å²) in [4.78, 5) is 4.94. The van der Waals surface area contributed by atoms with Gasteiger partial charge in [0, 0.05) is 22.4 Å². The Morgan fingerprint density at radius 3 is 2.41 bits per heavy atom. The molecule has 0 fully saturated rings. The number of hydrazone groups is 1. The van der Waals surface area contributed by atoms with Crippen LogP contribution in [0.15, 0.2) is 81.7 Å². The molecule has 0 aliphatic carbocycles. The molecule has 1 aromatic heterocycles. The van der Waals surface area contributed by atoms with Crippen molar-refractivity contribution in [2.24, 2.45) is 5.10 Å². The SMILES string of the molecule is Br.COc1ccc(-c2csc(N3N=C(c4ccc(C)cc4)CC3c3ccc(Cl)cc3)n2)cc1Br. The van der Waals surface area contributed by atoms with Gasteiger partial charge < -0.3 is 4.74 Å². The Kier molecular flexibility index (Phi) is 7.77. The molecule has 5 rings (SSSR count). The van der Waals surface area contributed by atoms with E-state index in [1.165, 1.54) is 5.56 Å². The first kappa shape index (κ1) is 24.9. The van der Waals surface area contributed by atoms with Crippen molar-refractivity contribution in [2.45, 2.75) is 19.4 Å². The minimum absolute atomic E-state index is 0. The topological polar surface area (TPSA) is 37.7 Å². The van der Waals surface area contributed by atoms with Crippen molar-refractivity contribution >= 4 is 66.7 Å². The molecule has 1 unspecified atom stereocenters. The Hall–Kier alpha value is -2.19. The fourth-order valence-electron chi connectivity index (χ4n) is 3.88. The smallest absolute Gasteiger partial charge is 0.207 e. The molecule has 0 radical (unpaired) electrons. The zero-order valence-electron chi connectivity index (χ0n) is 18.5. The fourth-order valence-corrected chi connectivity index (χ4v) is 5.38. The summed E-state index contributed by atoms with van der Waals surface area (Å²) in [6.07, 6.45) is 0.799. The Balaban J connectivity index is 0.00000274. The van der Waals surface area contributed by atoms with Crippen LogP contribution in [0.3, 0.4) is 0 Å². The highest BCUT2D eigenvalue weighted by atomic mass is 79.9. The summed E-state index contributed by atoms with van der Waals surface area (Å²) in [5.41, 5.74) is 6.52. The van der Waals surface area contributed by atoms with E-state index in [9.17, 15) is 0 Å². The van der Waals surface area contributed by atoms with Gasteiger partial charge in [-0.2, -0.15) is 5.10 Å². The van der Waals surface area contributed by atoms with Gasteiger partial charge in [0.15, 0.2) is 0 Å². The molecule has 1 aliphatic rings. The van der Waals surface area contributed by atoms with Crippen molar-refractivity contribution in [3.8, 4) is 17.0 Å². The van der Waals surface area contributed by atoms with Crippen LogP contribution >= 0.6 is 55.8 Å². The fraction of sp³-hybridized carbons (Fsp3) is 0.154. The molecule has 4 nitrogen and oxygen atoms in total. The van der Waals surface area contributed by atoms with Crippen molar-refractivity contribution < 1.29 is 4.74 Å². The van der Waals surface area contributed by atoms with Gasteiger partial charge in [0.05, 0.1) is 29.0 Å². The maximum Gasteiger partial charge on any atom is 0.207 e. The highest BCUT2D eigenvalue weighted by Crippen LogP contribution is 2.40. The quantitative estimate of drug-likeness (QED) is 0.225. The highest BCUT2D eigenvalue weighted by Gasteiger charge is 2.31. The number of ether oxygens (including phenoxy) is 1. The van der Waals surface area contributed by atoms with E-state index < -0.39 is 0 Å². The van der Waals surface area contributed by atoms with Gasteiger partial charge in [0.2, 0.25) is 5.13 Å². The van der Waals surface area contributed by atoms with Crippen LogP contribution in [-0.2, 0) is 0 Å². The van der Waals surface area contributed by atoms with Gasteiger partial charge in [0.25, 0.3) is 0 Å². The molecule has 4 aromatic rings. The van der Waals surface area contributed by atoms with E-state index in [1.807, 2.05) is 35.3 Å². The summed E-state index contributed by atoms with van der Waals surface area (Å²) >= 11 is 11.3. The Morgan fingerprint density at radius 1 is 1.03 bits per heavy atom. The number of halogens is 3. The van der Waals surface area contributed by atoms with Gasteiger partial charge in [-0.25, -0.2) is 9.99 Å². The van der Waals surface area contributed by atoms with Crippen molar-refractivity contribution in [1.82, 2.24) is 4.98 Å². The maximum absolute atomic E-state index is 6.15. The number of rotatable bonds is 5. The second-order valence-electron chi connectivity index (χ2n) is 7.89. The van der Waals surface area contributed by atoms with E-state index >= 15 is 0 Å². The van der Waals surface area contributed by atoms with Gasteiger partial charge in [-0.1, -0.05) is 53.6 Å². The average Bonchev–Trinajstić information content (AvgIpc) is 3.48. The van der Waals surface area contributed by atoms with Crippen LogP contribution in [0.1, 0.15) is 29.2 Å². The van der Waals surface area contributed by atoms with Crippen molar-refractivity contribution in [1.29, 1.82) is 0 Å². The van der Waals surface area contributed by atoms with Crippen LogP contribution in [-0.4, -0.2) is 17.8 Å². The zero-order valence-corrected chi connectivity index (χ0v) is 23.4. The highest BCUT2D eigenvalue weighted by molar-refractivity contribution is 9.10. The third kappa shape index (κ3) is 5.08. The number of hydrogen-bond acceptors (Lipinski definition) is 5. The molecule has 1 aliphatic heterocycles. The molecule has 8 heteroatoms. The van der Waals surface area contributed by atoms with Crippen molar-refractivity contribution in [2.75, 3.05) is 12.1 Å². The summed E-state index contributed by atoms with van der Waals surface area (Å²) < 4.78 is 6.25. The van der Waals surface area contributed by atoms with Crippen molar-refractivity contribution in [3.63, 3.8) is 0 Å². The number of aromatic nitrogens is 1. The third-order valence-electron chi connectivity index (χ3n) is 5.69. The maximum atomic E-state index is 6.15. The van der Waals surface area contributed by atoms with Crippen LogP contribution in [0.5, 0.6) is 5.75 Å². The second-order valence-corrected chi connectivity index (χ2v) is 10.0. The average molecular weight is 620 g/mol. The van der Waals surface area contributed by atoms with E-state index in [-0.39, 0.29) is 23.0 Å². The lowest BCUT2D eigenvalue weighted by Crippen LogP contribution is -2.18. The molecule has 3 aromatic carbocycles. The number of nitrogens with zero attached hydrogens (tertiary/aromatic N) is 3. The number of hydrogen-bond donors (Lipinski definition) is 0. The molecule has 1 atom stereocenters. The lowest BCUT2D eigenvalue weighted by Gasteiger charge is -2.21. The lowest BCUT2D eigenvalue weighted by atomic mass is 9.98. The van der Waals surface area contributed by atoms with Crippen LogP contribution in [0.4, 0.5) is 5.13 Å². The predicted octanol–water partition coefficient (Wildman–Crippen LogP) is 8.48. The summed E-state index contributed by atoms with van der Waals surface area (Å²) in [5.74, 6) is 0.795. The minimum atomic E-state index is 0. The van der Waals surface area contributed by atoms with Crippen molar-refractivity contribution in [3.05, 3.63) is 98.3 Å². The molecule has 34 heavy (non-hydrogen) atoms. The molecule has 2 heterocycles. The van der Waals surface area contributed by atoms with Crippen LogP contribution < -0.4 is 9.75 Å². The van der Waals surface area contributed by atoms with E-state index in [1.54, 1.807) is 18.4 Å². The monoisotopic (exact) mass is 617 g/mol. The molecule has 0 saturated carbocycles. The molecular formula is C26H22Br2ClN3OS. The molecule has 0 saturated heterocycles. The molecule has 0 amide bonds. The Labute approximate surface area is 227 Å². The molecular weight excluding hydrogens is 598 g/mol. The van der Waals surface area contributed by atoms with Gasteiger partial charge in [-0.05, 0) is 64.3 Å². The van der Waals surface area contributed by atoms with Gasteiger partial charge in [0.1, 0.15) is 5.75 Å². The lowest BCUT2D eigenvalue weighted by molar-refractivity contribution is 0.412. The number of anilines is 1. The van der Waals surface area contributed by atoms with E-state index in [0.29, 0.717) is 0 Å². The first-order chi connectivity index (χ1) is 16.0. The summed E-state index contributed by atoms with van der Waals surface area (Å²) in [6, 6.07) is 22.6. The summed E-state index contributed by atoms with van der Waals surface area (Å²) in [5, 5.41) is 10.7. The largest absolute Gasteiger partial charge is 0.496 e. The molecule has 0 spiro atoms. The molecule has 0 bridgehead atoms. The molecule has 174 valence electrons. The van der Waals surface area contributed by atoms with Crippen LogP contribution in [0.2, 0.25) is 5.02 Å².